The van der Waals surface area contributed by atoms with Crippen LogP contribution in [0, 0.1) is 6.92 Å². The first kappa shape index (κ1) is 13.2. The molecule has 0 bridgehead atoms. The first-order valence-corrected chi connectivity index (χ1v) is 7.29. The second-order valence-corrected chi connectivity index (χ2v) is 4.98. The van der Waals surface area contributed by atoms with Crippen LogP contribution in [0.2, 0.25) is 0 Å². The van der Waals surface area contributed by atoms with Crippen molar-refractivity contribution in [3.05, 3.63) is 35.7 Å². The van der Waals surface area contributed by atoms with E-state index in [0.29, 0.717) is 5.88 Å². The summed E-state index contributed by atoms with van der Waals surface area (Å²) in [6, 6.07) is 3.89. The number of halogens is 1. The summed E-state index contributed by atoms with van der Waals surface area (Å²) in [7, 11) is 0. The molecular weight excluding hydrogens is 276 g/mol. The van der Waals surface area contributed by atoms with E-state index in [1.165, 1.54) is 0 Å². The van der Waals surface area contributed by atoms with Gasteiger partial charge >= 0.3 is 0 Å². The number of hydrogen-bond acceptors (Lipinski definition) is 3. The molecular formula is C14H17ClN4O. The summed E-state index contributed by atoms with van der Waals surface area (Å²) in [5, 5.41) is 4.52. The van der Waals surface area contributed by atoms with Gasteiger partial charge in [-0.15, -0.1) is 11.6 Å². The number of rotatable bonds is 5. The van der Waals surface area contributed by atoms with Crippen LogP contribution in [0.3, 0.4) is 0 Å². The SMILES string of the molecule is CCn1nc(C)c2nc(CCl)n(CCc3ccco3)c21. The second kappa shape index (κ2) is 5.32. The van der Waals surface area contributed by atoms with E-state index in [-0.39, 0.29) is 0 Å². The zero-order chi connectivity index (χ0) is 14.1. The molecule has 0 aliphatic rings. The number of nitrogens with zero attached hydrogens (tertiary/aromatic N) is 4. The fourth-order valence-electron chi connectivity index (χ4n) is 2.50. The van der Waals surface area contributed by atoms with Crippen molar-refractivity contribution >= 4 is 22.8 Å². The van der Waals surface area contributed by atoms with Gasteiger partial charge in [-0.25, -0.2) is 9.67 Å². The molecule has 0 N–H and O–H groups in total. The topological polar surface area (TPSA) is 48.8 Å². The van der Waals surface area contributed by atoms with Gasteiger partial charge < -0.3 is 8.98 Å². The maximum atomic E-state index is 6.03. The summed E-state index contributed by atoms with van der Waals surface area (Å²) in [5.74, 6) is 2.25. The maximum Gasteiger partial charge on any atom is 0.158 e. The van der Waals surface area contributed by atoms with E-state index in [1.807, 2.05) is 23.7 Å². The Morgan fingerprint density at radius 2 is 2.25 bits per heavy atom. The number of aryl methyl sites for hydroxylation is 4. The van der Waals surface area contributed by atoms with Gasteiger partial charge in [0.15, 0.2) is 5.65 Å². The van der Waals surface area contributed by atoms with E-state index < -0.39 is 0 Å². The summed E-state index contributed by atoms with van der Waals surface area (Å²) in [6.45, 7) is 5.67. The predicted octanol–water partition coefficient (Wildman–Crippen LogP) is 3.14. The molecule has 0 aliphatic heterocycles. The number of alkyl halides is 1. The lowest BCUT2D eigenvalue weighted by Crippen LogP contribution is -2.09. The molecule has 6 heteroatoms. The minimum atomic E-state index is 0.399. The van der Waals surface area contributed by atoms with Crippen molar-refractivity contribution in [3.8, 4) is 0 Å². The Balaban J connectivity index is 2.02. The molecule has 0 saturated heterocycles. The van der Waals surface area contributed by atoms with E-state index in [9.17, 15) is 0 Å². The molecule has 0 radical (unpaired) electrons. The van der Waals surface area contributed by atoms with Gasteiger partial charge in [0.2, 0.25) is 0 Å². The van der Waals surface area contributed by atoms with Crippen LogP contribution >= 0.6 is 11.6 Å². The van der Waals surface area contributed by atoms with Gasteiger partial charge in [0.1, 0.15) is 17.1 Å². The van der Waals surface area contributed by atoms with E-state index in [1.54, 1.807) is 6.26 Å². The fourth-order valence-corrected chi connectivity index (χ4v) is 2.71. The van der Waals surface area contributed by atoms with Crippen LogP contribution in [0.25, 0.3) is 11.2 Å². The predicted molar refractivity (Wildman–Crippen MR) is 77.9 cm³/mol. The summed E-state index contributed by atoms with van der Waals surface area (Å²) in [6.07, 6.45) is 2.51. The highest BCUT2D eigenvalue weighted by Crippen LogP contribution is 2.21. The summed E-state index contributed by atoms with van der Waals surface area (Å²) in [5.41, 5.74) is 2.94. The molecule has 106 valence electrons. The zero-order valence-corrected chi connectivity index (χ0v) is 12.4. The summed E-state index contributed by atoms with van der Waals surface area (Å²) >= 11 is 6.03. The average molecular weight is 293 g/mol. The summed E-state index contributed by atoms with van der Waals surface area (Å²) < 4.78 is 9.52. The normalized spacial score (nSPS) is 11.6. The Bertz CT molecular complexity index is 711. The van der Waals surface area contributed by atoms with Crippen LogP contribution in [0.1, 0.15) is 24.2 Å². The molecule has 0 atom stereocenters. The van der Waals surface area contributed by atoms with E-state index >= 15 is 0 Å². The van der Waals surface area contributed by atoms with Crippen LogP contribution in [-0.4, -0.2) is 19.3 Å². The first-order chi connectivity index (χ1) is 9.74. The molecule has 0 unspecified atom stereocenters. The van der Waals surface area contributed by atoms with Gasteiger partial charge in [-0.2, -0.15) is 5.10 Å². The fraction of sp³-hybridized carbons (Fsp3) is 0.429. The molecule has 0 amide bonds. The highest BCUT2D eigenvalue weighted by atomic mass is 35.5. The van der Waals surface area contributed by atoms with Crippen molar-refractivity contribution in [1.29, 1.82) is 0 Å². The third-order valence-corrected chi connectivity index (χ3v) is 3.70. The Hall–Kier alpha value is -1.75. The minimum absolute atomic E-state index is 0.399. The van der Waals surface area contributed by atoms with Gasteiger partial charge in [-0.1, -0.05) is 0 Å². The molecule has 5 nitrogen and oxygen atoms in total. The lowest BCUT2D eigenvalue weighted by molar-refractivity contribution is 0.488. The van der Waals surface area contributed by atoms with E-state index in [0.717, 1.165) is 48.0 Å². The molecule has 3 aromatic heterocycles. The van der Waals surface area contributed by atoms with Crippen molar-refractivity contribution in [2.24, 2.45) is 0 Å². The zero-order valence-electron chi connectivity index (χ0n) is 11.6. The molecule has 0 aliphatic carbocycles. The maximum absolute atomic E-state index is 6.03. The largest absolute Gasteiger partial charge is 0.469 e. The highest BCUT2D eigenvalue weighted by Gasteiger charge is 2.17. The number of imidazole rings is 1. The first-order valence-electron chi connectivity index (χ1n) is 6.75. The van der Waals surface area contributed by atoms with E-state index in [2.05, 4.69) is 21.6 Å². The molecule has 0 spiro atoms. The van der Waals surface area contributed by atoms with Gasteiger partial charge in [-0.05, 0) is 26.0 Å². The van der Waals surface area contributed by atoms with Crippen LogP contribution in [-0.2, 0) is 25.4 Å². The number of furan rings is 1. The number of aromatic nitrogens is 4. The monoisotopic (exact) mass is 292 g/mol. The van der Waals surface area contributed by atoms with Crippen molar-refractivity contribution in [3.63, 3.8) is 0 Å². The lowest BCUT2D eigenvalue weighted by Gasteiger charge is -2.08. The molecule has 3 rings (SSSR count). The number of fused-ring (bicyclic) bond motifs is 1. The summed E-state index contributed by atoms with van der Waals surface area (Å²) in [4.78, 5) is 4.62. The quantitative estimate of drug-likeness (QED) is 0.679. The Labute approximate surface area is 122 Å². The van der Waals surface area contributed by atoms with Crippen LogP contribution in [0.4, 0.5) is 0 Å². The second-order valence-electron chi connectivity index (χ2n) is 4.72. The molecule has 3 aromatic rings. The van der Waals surface area contributed by atoms with Gasteiger partial charge in [-0.3, -0.25) is 0 Å². The number of hydrogen-bond donors (Lipinski definition) is 0. The van der Waals surface area contributed by atoms with Gasteiger partial charge in [0.25, 0.3) is 0 Å². The smallest absolute Gasteiger partial charge is 0.158 e. The molecule has 0 saturated carbocycles. The molecule has 0 fully saturated rings. The standard InChI is InChI=1S/C14H17ClN4O/c1-3-19-14-13(10(2)17-19)16-12(9-15)18(14)7-6-11-5-4-8-20-11/h4-5,8H,3,6-7,9H2,1-2H3. The van der Waals surface area contributed by atoms with Crippen molar-refractivity contribution < 1.29 is 4.42 Å². The lowest BCUT2D eigenvalue weighted by atomic mass is 10.3. The van der Waals surface area contributed by atoms with Crippen LogP contribution in [0.15, 0.2) is 22.8 Å². The van der Waals surface area contributed by atoms with E-state index in [4.69, 9.17) is 16.0 Å². The van der Waals surface area contributed by atoms with Crippen molar-refractivity contribution in [2.45, 2.75) is 39.2 Å². The Kier molecular flexibility index (Phi) is 3.53. The minimum Gasteiger partial charge on any atom is -0.469 e. The molecule has 3 heterocycles. The third-order valence-electron chi connectivity index (χ3n) is 3.46. The van der Waals surface area contributed by atoms with Crippen LogP contribution < -0.4 is 0 Å². The average Bonchev–Trinajstić information content (AvgIpc) is 3.14. The van der Waals surface area contributed by atoms with Crippen LogP contribution in [0.5, 0.6) is 0 Å². The van der Waals surface area contributed by atoms with Gasteiger partial charge in [0, 0.05) is 19.5 Å². The van der Waals surface area contributed by atoms with Gasteiger partial charge in [0.05, 0.1) is 17.8 Å². The highest BCUT2D eigenvalue weighted by molar-refractivity contribution is 6.16. The van der Waals surface area contributed by atoms with Crippen molar-refractivity contribution in [1.82, 2.24) is 19.3 Å². The Morgan fingerprint density at radius 3 is 2.90 bits per heavy atom. The third kappa shape index (κ3) is 2.12. The van der Waals surface area contributed by atoms with Crippen molar-refractivity contribution in [2.75, 3.05) is 0 Å². The molecule has 0 aromatic carbocycles. The Morgan fingerprint density at radius 1 is 1.40 bits per heavy atom. The molecule has 20 heavy (non-hydrogen) atoms.